The summed E-state index contributed by atoms with van der Waals surface area (Å²) in [7, 11) is 1.43. The lowest BCUT2D eigenvalue weighted by Crippen LogP contribution is -2.20. The number of nitrogens with zero attached hydrogens (tertiary/aromatic N) is 2. The molecule has 36 heavy (non-hydrogen) atoms. The van der Waals surface area contributed by atoms with Crippen molar-refractivity contribution in [3.8, 4) is 17.6 Å². The number of para-hydroxylation sites is 1. The van der Waals surface area contributed by atoms with Gasteiger partial charge in [0, 0.05) is 5.69 Å². The van der Waals surface area contributed by atoms with Gasteiger partial charge in [-0.05, 0) is 54.1 Å². The lowest BCUT2D eigenvalue weighted by molar-refractivity contribution is -0.137. The summed E-state index contributed by atoms with van der Waals surface area (Å²) in [5.41, 5.74) is 0.984. The van der Waals surface area contributed by atoms with Crippen LogP contribution in [0.1, 0.15) is 16.1 Å². The zero-order chi connectivity index (χ0) is 25.7. The monoisotopic (exact) mass is 509 g/mol. The Morgan fingerprint density at radius 2 is 1.92 bits per heavy atom. The summed E-state index contributed by atoms with van der Waals surface area (Å²) in [4.78, 5) is 16.7. The maximum absolute atomic E-state index is 12.9. The van der Waals surface area contributed by atoms with Crippen molar-refractivity contribution in [1.82, 2.24) is 4.98 Å². The largest absolute Gasteiger partial charge is 0.493 e. The first-order valence-electron chi connectivity index (χ1n) is 10.5. The van der Waals surface area contributed by atoms with Gasteiger partial charge in [0.2, 0.25) is 0 Å². The first-order valence-corrected chi connectivity index (χ1v) is 11.3. The van der Waals surface area contributed by atoms with Crippen LogP contribution in [-0.4, -0.2) is 24.6 Å². The van der Waals surface area contributed by atoms with Gasteiger partial charge in [-0.1, -0.05) is 24.3 Å². The molecule has 0 saturated heterocycles. The number of ether oxygens (including phenoxy) is 2. The van der Waals surface area contributed by atoms with Gasteiger partial charge in [-0.2, -0.15) is 18.4 Å². The van der Waals surface area contributed by atoms with Crippen molar-refractivity contribution < 1.29 is 27.4 Å². The van der Waals surface area contributed by atoms with Crippen molar-refractivity contribution in [2.75, 3.05) is 19.0 Å². The number of fused-ring (bicyclic) bond motifs is 1. The molecular formula is C26H18F3N3O3S. The zero-order valence-electron chi connectivity index (χ0n) is 18.8. The fraction of sp³-hybridized carbons (Fsp3) is 0.115. The van der Waals surface area contributed by atoms with Gasteiger partial charge >= 0.3 is 6.18 Å². The maximum atomic E-state index is 12.9. The maximum Gasteiger partial charge on any atom is 0.416 e. The van der Waals surface area contributed by atoms with Crippen molar-refractivity contribution in [1.29, 1.82) is 5.26 Å². The molecular weight excluding hydrogens is 491 g/mol. The highest BCUT2D eigenvalue weighted by molar-refractivity contribution is 7.19. The molecule has 4 aromatic rings. The van der Waals surface area contributed by atoms with Crippen LogP contribution < -0.4 is 14.8 Å². The molecule has 0 unspecified atom stereocenters. The van der Waals surface area contributed by atoms with Gasteiger partial charge in [-0.15, -0.1) is 11.3 Å². The van der Waals surface area contributed by atoms with Crippen molar-refractivity contribution in [3.05, 3.63) is 82.9 Å². The molecule has 4 rings (SSSR count). The van der Waals surface area contributed by atoms with E-state index in [1.54, 1.807) is 24.3 Å². The number of nitrogens with one attached hydrogen (secondary N) is 1. The van der Waals surface area contributed by atoms with Gasteiger partial charge < -0.3 is 14.8 Å². The number of rotatable bonds is 7. The van der Waals surface area contributed by atoms with Crippen LogP contribution in [0.2, 0.25) is 0 Å². The van der Waals surface area contributed by atoms with Crippen LogP contribution in [0.3, 0.4) is 0 Å². The van der Waals surface area contributed by atoms with Crippen molar-refractivity contribution in [2.24, 2.45) is 0 Å². The Labute approximate surface area is 208 Å². The summed E-state index contributed by atoms with van der Waals surface area (Å²) in [6.45, 7) is -0.447. The third-order valence-corrected chi connectivity index (χ3v) is 6.05. The van der Waals surface area contributed by atoms with Gasteiger partial charge in [0.25, 0.3) is 5.91 Å². The van der Waals surface area contributed by atoms with Crippen LogP contribution >= 0.6 is 11.3 Å². The topological polar surface area (TPSA) is 84.2 Å². The van der Waals surface area contributed by atoms with Crippen molar-refractivity contribution in [2.45, 2.75) is 6.18 Å². The molecule has 0 aliphatic rings. The summed E-state index contributed by atoms with van der Waals surface area (Å²) in [6, 6.07) is 19.0. The number of anilines is 1. The predicted octanol–water partition coefficient (Wildman–Crippen LogP) is 6.41. The van der Waals surface area contributed by atoms with Crippen LogP contribution in [-0.2, 0) is 11.0 Å². The van der Waals surface area contributed by atoms with Gasteiger partial charge in [0.15, 0.2) is 18.1 Å². The number of hydrogen-bond acceptors (Lipinski definition) is 6. The number of alkyl halides is 3. The quantitative estimate of drug-likeness (QED) is 0.291. The lowest BCUT2D eigenvalue weighted by Gasteiger charge is -2.12. The van der Waals surface area contributed by atoms with E-state index < -0.39 is 24.3 Å². The number of halogens is 3. The second-order valence-corrected chi connectivity index (χ2v) is 8.51. The number of thiazole rings is 1. The number of benzene rings is 3. The van der Waals surface area contributed by atoms with E-state index in [1.807, 2.05) is 24.3 Å². The first-order chi connectivity index (χ1) is 17.3. The molecule has 0 bridgehead atoms. The molecule has 0 aliphatic carbocycles. The van der Waals surface area contributed by atoms with E-state index in [-0.39, 0.29) is 11.4 Å². The molecule has 1 aromatic heterocycles. The highest BCUT2D eigenvalue weighted by Crippen LogP contribution is 2.32. The van der Waals surface area contributed by atoms with Crippen molar-refractivity contribution >= 4 is 44.8 Å². The average Bonchev–Trinajstić information content (AvgIpc) is 3.30. The highest BCUT2D eigenvalue weighted by atomic mass is 32.1. The second-order valence-electron chi connectivity index (χ2n) is 7.48. The summed E-state index contributed by atoms with van der Waals surface area (Å²) in [5.74, 6) is -0.0625. The van der Waals surface area contributed by atoms with E-state index in [4.69, 9.17) is 9.47 Å². The fourth-order valence-electron chi connectivity index (χ4n) is 3.30. The molecule has 182 valence electrons. The molecule has 1 heterocycles. The average molecular weight is 510 g/mol. The van der Waals surface area contributed by atoms with E-state index in [2.05, 4.69) is 16.4 Å². The number of nitriles is 1. The van der Waals surface area contributed by atoms with Crippen LogP contribution in [0.4, 0.5) is 18.9 Å². The molecule has 0 radical (unpaired) electrons. The number of carbonyl (C=O) groups excluding carboxylic acids is 1. The smallest absolute Gasteiger partial charge is 0.416 e. The molecule has 0 atom stereocenters. The van der Waals surface area contributed by atoms with Gasteiger partial charge in [0.05, 0.1) is 28.5 Å². The molecule has 1 N–H and O–H groups in total. The molecule has 1 amide bonds. The van der Waals surface area contributed by atoms with Crippen LogP contribution in [0.15, 0.2) is 66.7 Å². The normalized spacial score (nSPS) is 11.7. The molecule has 0 aliphatic heterocycles. The van der Waals surface area contributed by atoms with E-state index in [9.17, 15) is 23.2 Å². The first kappa shape index (κ1) is 24.8. The Balaban J connectivity index is 1.46. The Morgan fingerprint density at radius 1 is 1.11 bits per heavy atom. The van der Waals surface area contributed by atoms with Crippen LogP contribution in [0.25, 0.3) is 21.9 Å². The van der Waals surface area contributed by atoms with Crippen LogP contribution in [0.5, 0.6) is 11.5 Å². The summed E-state index contributed by atoms with van der Waals surface area (Å²) in [6.07, 6.45) is -2.84. The third-order valence-electron chi connectivity index (χ3n) is 4.98. The Bertz CT molecular complexity index is 1460. The zero-order valence-corrected chi connectivity index (χ0v) is 19.6. The number of allylic oxidation sites excluding steroid dienone is 1. The standard InChI is InChI=1S/C26H18F3N3O3S/c1-34-22-12-16(11-17(14-30)25-32-20-7-2-3-8-23(20)36-25)9-10-21(22)35-15-24(33)31-19-6-4-5-18(13-19)26(27,28)29/h2-13H,15H2,1H3,(H,31,33)/b17-11+. The predicted molar refractivity (Wildman–Crippen MR) is 132 cm³/mol. The fourth-order valence-corrected chi connectivity index (χ4v) is 4.23. The number of carbonyl (C=O) groups is 1. The minimum Gasteiger partial charge on any atom is -0.493 e. The van der Waals surface area contributed by atoms with Crippen LogP contribution in [0, 0.1) is 11.3 Å². The summed E-state index contributed by atoms with van der Waals surface area (Å²) in [5, 5.41) is 12.6. The molecule has 6 nitrogen and oxygen atoms in total. The lowest BCUT2D eigenvalue weighted by atomic mass is 10.1. The Kier molecular flexibility index (Phi) is 7.22. The summed E-state index contributed by atoms with van der Waals surface area (Å²) < 4.78 is 50.4. The van der Waals surface area contributed by atoms with Gasteiger partial charge in [0.1, 0.15) is 11.1 Å². The molecule has 10 heteroatoms. The number of aromatic nitrogens is 1. The van der Waals surface area contributed by atoms with Gasteiger partial charge in [-0.3, -0.25) is 4.79 Å². The van der Waals surface area contributed by atoms with E-state index >= 15 is 0 Å². The second kappa shape index (κ2) is 10.5. The number of hydrogen-bond donors (Lipinski definition) is 1. The minimum absolute atomic E-state index is 0.00440. The Morgan fingerprint density at radius 3 is 2.64 bits per heavy atom. The van der Waals surface area contributed by atoms with Gasteiger partial charge in [-0.25, -0.2) is 4.98 Å². The molecule has 0 spiro atoms. The molecule has 3 aromatic carbocycles. The third kappa shape index (κ3) is 5.82. The highest BCUT2D eigenvalue weighted by Gasteiger charge is 2.30. The molecule has 0 fully saturated rings. The summed E-state index contributed by atoms with van der Waals surface area (Å²) >= 11 is 1.41. The SMILES string of the molecule is COc1cc(/C=C(\C#N)c2nc3ccccc3s2)ccc1OCC(=O)Nc1cccc(C(F)(F)F)c1. The minimum atomic E-state index is -4.51. The number of methoxy groups -OCH3 is 1. The van der Waals surface area contributed by atoms with E-state index in [0.29, 0.717) is 21.9 Å². The molecule has 0 saturated carbocycles. The van der Waals surface area contributed by atoms with E-state index in [0.717, 1.165) is 22.3 Å². The number of amides is 1. The van der Waals surface area contributed by atoms with Crippen molar-refractivity contribution in [3.63, 3.8) is 0 Å². The van der Waals surface area contributed by atoms with E-state index in [1.165, 1.54) is 30.6 Å². The Hall–Kier alpha value is -4.36.